The molecule has 1 aliphatic rings. The van der Waals surface area contributed by atoms with Crippen LogP contribution in [0.4, 0.5) is 10.1 Å². The molecule has 6 nitrogen and oxygen atoms in total. The Bertz CT molecular complexity index is 915. The van der Waals surface area contributed by atoms with Crippen molar-refractivity contribution >= 4 is 11.6 Å². The van der Waals surface area contributed by atoms with E-state index < -0.39 is 0 Å². The Balaban J connectivity index is 1.73. The molecule has 0 radical (unpaired) electrons. The average molecular weight is 430 g/mol. The standard InChI is InChI=1S/C24H36FN5O/c1-16(2)15-30-19(5)21(18(4)27-30)14-24(31)26-17(3)22-13-20(25)7-8-23(22)29-11-9-28(6)10-12-29/h7-8,13,16-17H,9-12,14-15H2,1-6H3,(H,26,31). The van der Waals surface area contributed by atoms with E-state index in [1.54, 1.807) is 6.07 Å². The minimum atomic E-state index is -0.288. The summed E-state index contributed by atoms with van der Waals surface area (Å²) in [4.78, 5) is 17.5. The molecule has 0 saturated carbocycles. The maximum absolute atomic E-state index is 14.1. The third kappa shape index (κ3) is 5.64. The summed E-state index contributed by atoms with van der Waals surface area (Å²) < 4.78 is 16.1. The van der Waals surface area contributed by atoms with Crippen molar-refractivity contribution in [1.82, 2.24) is 20.0 Å². The first-order valence-corrected chi connectivity index (χ1v) is 11.2. The summed E-state index contributed by atoms with van der Waals surface area (Å²) in [5.74, 6) is 0.132. The highest BCUT2D eigenvalue weighted by Gasteiger charge is 2.22. The number of nitrogens with zero attached hydrogens (tertiary/aromatic N) is 4. The van der Waals surface area contributed by atoms with E-state index in [0.717, 1.165) is 60.9 Å². The first kappa shape index (κ1) is 23.3. The zero-order valence-electron chi connectivity index (χ0n) is 19.7. The maximum atomic E-state index is 14.1. The molecule has 0 spiro atoms. The van der Waals surface area contributed by atoms with Crippen LogP contribution in [0.15, 0.2) is 18.2 Å². The molecule has 3 rings (SSSR count). The van der Waals surface area contributed by atoms with Gasteiger partial charge in [0.25, 0.3) is 0 Å². The molecule has 1 amide bonds. The van der Waals surface area contributed by atoms with Gasteiger partial charge in [-0.15, -0.1) is 0 Å². The quantitative estimate of drug-likeness (QED) is 0.732. The number of carbonyl (C=O) groups is 1. The second-order valence-electron chi connectivity index (χ2n) is 9.18. The van der Waals surface area contributed by atoms with E-state index in [9.17, 15) is 9.18 Å². The van der Waals surface area contributed by atoms with Crippen LogP contribution in [-0.2, 0) is 17.8 Å². The van der Waals surface area contributed by atoms with Crippen LogP contribution in [0.5, 0.6) is 0 Å². The Kier molecular flexibility index (Phi) is 7.36. The van der Waals surface area contributed by atoms with Gasteiger partial charge in [-0.25, -0.2) is 4.39 Å². The summed E-state index contributed by atoms with van der Waals surface area (Å²) in [6, 6.07) is 4.60. The number of likely N-dealkylation sites (N-methyl/N-ethyl adjacent to an activating group) is 1. The maximum Gasteiger partial charge on any atom is 0.225 e. The molecule has 0 aliphatic carbocycles. The molecule has 1 saturated heterocycles. The minimum absolute atomic E-state index is 0.0728. The van der Waals surface area contributed by atoms with Gasteiger partial charge < -0.3 is 15.1 Å². The van der Waals surface area contributed by atoms with Crippen LogP contribution in [-0.4, -0.2) is 53.8 Å². The minimum Gasteiger partial charge on any atom is -0.369 e. The Morgan fingerprint density at radius 3 is 2.48 bits per heavy atom. The zero-order chi connectivity index (χ0) is 22.7. The number of hydrogen-bond donors (Lipinski definition) is 1. The molecular formula is C24H36FN5O. The van der Waals surface area contributed by atoms with E-state index in [0.29, 0.717) is 5.92 Å². The van der Waals surface area contributed by atoms with Crippen LogP contribution in [0.2, 0.25) is 0 Å². The molecule has 31 heavy (non-hydrogen) atoms. The van der Waals surface area contributed by atoms with Crippen LogP contribution >= 0.6 is 0 Å². The van der Waals surface area contributed by atoms with Gasteiger partial charge in [0.1, 0.15) is 5.82 Å². The third-order valence-electron chi connectivity index (χ3n) is 6.08. The summed E-state index contributed by atoms with van der Waals surface area (Å²) in [5, 5.41) is 7.70. The Morgan fingerprint density at radius 2 is 1.84 bits per heavy atom. The summed E-state index contributed by atoms with van der Waals surface area (Å²) in [7, 11) is 2.11. The van der Waals surface area contributed by atoms with Crippen molar-refractivity contribution in [1.29, 1.82) is 0 Å². The molecule has 7 heteroatoms. The number of benzene rings is 1. The Labute approximate surface area is 185 Å². The van der Waals surface area contributed by atoms with E-state index in [2.05, 4.69) is 41.1 Å². The number of aryl methyl sites for hydroxylation is 1. The Hall–Kier alpha value is -2.41. The first-order valence-electron chi connectivity index (χ1n) is 11.2. The van der Waals surface area contributed by atoms with Crippen LogP contribution in [0.3, 0.4) is 0 Å². The Morgan fingerprint density at radius 1 is 1.16 bits per heavy atom. The molecule has 1 aromatic carbocycles. The SMILES string of the molecule is Cc1nn(CC(C)C)c(C)c1CC(=O)NC(C)c1cc(F)ccc1N1CCN(C)CC1. The lowest BCUT2D eigenvalue weighted by atomic mass is 10.0. The predicted octanol–water partition coefficient (Wildman–Crippen LogP) is 3.47. The fourth-order valence-corrected chi connectivity index (χ4v) is 4.25. The summed E-state index contributed by atoms with van der Waals surface area (Å²) in [5.41, 5.74) is 4.73. The van der Waals surface area contributed by atoms with E-state index in [1.165, 1.54) is 6.07 Å². The smallest absolute Gasteiger partial charge is 0.225 e. The highest BCUT2D eigenvalue weighted by Crippen LogP contribution is 2.28. The van der Waals surface area contributed by atoms with Crippen molar-refractivity contribution in [3.05, 3.63) is 46.5 Å². The average Bonchev–Trinajstić information content (AvgIpc) is 2.95. The molecule has 2 heterocycles. The van der Waals surface area contributed by atoms with E-state index in [1.807, 2.05) is 31.5 Å². The second kappa shape index (κ2) is 9.81. The van der Waals surface area contributed by atoms with Gasteiger partial charge in [0.15, 0.2) is 0 Å². The molecule has 1 fully saturated rings. The van der Waals surface area contributed by atoms with Gasteiger partial charge in [0, 0.05) is 55.2 Å². The van der Waals surface area contributed by atoms with E-state index in [-0.39, 0.29) is 24.2 Å². The number of nitrogens with one attached hydrogen (secondary N) is 1. The molecule has 1 atom stereocenters. The van der Waals surface area contributed by atoms with Crippen LogP contribution in [0, 0.1) is 25.6 Å². The number of halogens is 1. The van der Waals surface area contributed by atoms with Gasteiger partial charge >= 0.3 is 0 Å². The van der Waals surface area contributed by atoms with Crippen molar-refractivity contribution in [2.24, 2.45) is 5.92 Å². The number of aromatic nitrogens is 2. The molecule has 0 bridgehead atoms. The second-order valence-corrected chi connectivity index (χ2v) is 9.18. The molecule has 1 aromatic heterocycles. The first-order chi connectivity index (χ1) is 14.7. The van der Waals surface area contributed by atoms with Gasteiger partial charge in [-0.3, -0.25) is 9.48 Å². The number of carbonyl (C=O) groups excluding carboxylic acids is 1. The summed E-state index contributed by atoms with van der Waals surface area (Å²) in [6.07, 6.45) is 0.277. The van der Waals surface area contributed by atoms with Gasteiger partial charge in [0.2, 0.25) is 5.91 Å². The lowest BCUT2D eigenvalue weighted by Crippen LogP contribution is -2.45. The van der Waals surface area contributed by atoms with Crippen molar-refractivity contribution in [3.8, 4) is 0 Å². The molecule has 170 valence electrons. The number of piperazine rings is 1. The molecule has 1 unspecified atom stereocenters. The monoisotopic (exact) mass is 429 g/mol. The largest absolute Gasteiger partial charge is 0.369 e. The van der Waals surface area contributed by atoms with E-state index >= 15 is 0 Å². The van der Waals surface area contributed by atoms with Gasteiger partial charge in [-0.05, 0) is 51.9 Å². The number of anilines is 1. The lowest BCUT2D eigenvalue weighted by Gasteiger charge is -2.36. The van der Waals surface area contributed by atoms with Gasteiger partial charge in [-0.1, -0.05) is 13.8 Å². The lowest BCUT2D eigenvalue weighted by molar-refractivity contribution is -0.121. The van der Waals surface area contributed by atoms with Crippen molar-refractivity contribution in [3.63, 3.8) is 0 Å². The summed E-state index contributed by atoms with van der Waals surface area (Å²) >= 11 is 0. The van der Waals surface area contributed by atoms with Crippen LogP contribution in [0.25, 0.3) is 0 Å². The van der Waals surface area contributed by atoms with Gasteiger partial charge in [-0.2, -0.15) is 5.10 Å². The third-order valence-corrected chi connectivity index (χ3v) is 6.08. The molecule has 1 aliphatic heterocycles. The van der Waals surface area contributed by atoms with Crippen molar-refractivity contribution in [2.45, 2.75) is 53.6 Å². The van der Waals surface area contributed by atoms with Crippen LogP contribution in [0.1, 0.15) is 49.3 Å². The number of rotatable bonds is 7. The normalized spacial score (nSPS) is 16.1. The topological polar surface area (TPSA) is 53.4 Å². The summed E-state index contributed by atoms with van der Waals surface area (Å²) in [6.45, 7) is 14.8. The molecule has 1 N–H and O–H groups in total. The van der Waals surface area contributed by atoms with Crippen molar-refractivity contribution in [2.75, 3.05) is 38.1 Å². The predicted molar refractivity (Wildman–Crippen MR) is 123 cm³/mol. The highest BCUT2D eigenvalue weighted by atomic mass is 19.1. The fourth-order valence-electron chi connectivity index (χ4n) is 4.25. The fraction of sp³-hybridized carbons (Fsp3) is 0.583. The highest BCUT2D eigenvalue weighted by molar-refractivity contribution is 5.80. The van der Waals surface area contributed by atoms with Crippen LogP contribution < -0.4 is 10.2 Å². The van der Waals surface area contributed by atoms with Gasteiger partial charge in [0.05, 0.1) is 18.2 Å². The molecule has 2 aromatic rings. The number of amides is 1. The number of hydrogen-bond acceptors (Lipinski definition) is 4. The van der Waals surface area contributed by atoms with Crippen molar-refractivity contribution < 1.29 is 9.18 Å². The van der Waals surface area contributed by atoms with E-state index in [4.69, 9.17) is 0 Å². The zero-order valence-corrected chi connectivity index (χ0v) is 19.7. The molecular weight excluding hydrogens is 393 g/mol.